The predicted molar refractivity (Wildman–Crippen MR) is 121 cm³/mol. The number of alkyl halides is 2. The van der Waals surface area contributed by atoms with E-state index in [0.29, 0.717) is 23.1 Å². The van der Waals surface area contributed by atoms with Crippen LogP contribution in [0.25, 0.3) is 11.3 Å². The molecular weight excluding hydrogens is 466 g/mol. The Hall–Kier alpha value is -3.18. The molecule has 0 spiro atoms. The van der Waals surface area contributed by atoms with E-state index in [1.807, 2.05) is 6.92 Å². The Labute approximate surface area is 196 Å². The highest BCUT2D eigenvalue weighted by Gasteiger charge is 2.28. The number of nitrogens with one attached hydrogen (secondary N) is 1. The maximum absolute atomic E-state index is 13.7. The van der Waals surface area contributed by atoms with E-state index in [2.05, 4.69) is 15.4 Å². The van der Waals surface area contributed by atoms with Crippen molar-refractivity contribution in [1.29, 1.82) is 0 Å². The molecule has 0 radical (unpaired) electrons. The van der Waals surface area contributed by atoms with E-state index in [1.54, 1.807) is 19.1 Å². The lowest BCUT2D eigenvalue weighted by atomic mass is 9.98. The van der Waals surface area contributed by atoms with Crippen LogP contribution in [-0.4, -0.2) is 29.1 Å². The summed E-state index contributed by atoms with van der Waals surface area (Å²) in [5.74, 6) is -0.780. The standard InChI is InChI=1S/C23H24F2N4O4S/c1-14-6-8-17(9-7-14)34(31,32)33-20-5-3-4-15(2)22(30)28-19-13-27-29(23(24)25)21(19)16-10-11-26-18(20)12-16/h6-13,15,20,23H,3-5H2,1-2H3,(H,28,30)/t15-,20?/m1/s1. The van der Waals surface area contributed by atoms with Gasteiger partial charge in [-0.2, -0.15) is 22.3 Å². The predicted octanol–water partition coefficient (Wildman–Crippen LogP) is 4.85. The number of pyridine rings is 1. The molecule has 0 aliphatic carbocycles. The minimum atomic E-state index is -4.13. The first-order chi connectivity index (χ1) is 16.2. The summed E-state index contributed by atoms with van der Waals surface area (Å²) in [6.07, 6.45) is 2.79. The second kappa shape index (κ2) is 9.59. The van der Waals surface area contributed by atoms with E-state index in [-0.39, 0.29) is 34.3 Å². The Morgan fingerprint density at radius 1 is 1.18 bits per heavy atom. The number of nitrogens with zero attached hydrogens (tertiary/aromatic N) is 3. The largest absolute Gasteiger partial charge is 0.333 e. The number of hydrogen-bond acceptors (Lipinski definition) is 6. The number of hydrogen-bond donors (Lipinski definition) is 1. The van der Waals surface area contributed by atoms with Crippen molar-refractivity contribution >= 4 is 21.7 Å². The second-order valence-electron chi connectivity index (χ2n) is 8.27. The lowest BCUT2D eigenvalue weighted by molar-refractivity contribution is -0.119. The van der Waals surface area contributed by atoms with Crippen molar-refractivity contribution in [2.75, 3.05) is 5.32 Å². The molecule has 2 atom stereocenters. The molecule has 0 saturated heterocycles. The van der Waals surface area contributed by atoms with Crippen LogP contribution in [0.1, 0.15) is 50.1 Å². The summed E-state index contributed by atoms with van der Waals surface area (Å²) in [6.45, 7) is 0.612. The van der Waals surface area contributed by atoms with Gasteiger partial charge < -0.3 is 5.32 Å². The molecule has 1 aliphatic rings. The maximum Gasteiger partial charge on any atom is 0.333 e. The van der Waals surface area contributed by atoms with E-state index in [4.69, 9.17) is 4.18 Å². The van der Waals surface area contributed by atoms with Crippen molar-refractivity contribution < 1.29 is 26.2 Å². The third-order valence-corrected chi connectivity index (χ3v) is 7.06. The van der Waals surface area contributed by atoms with Crippen LogP contribution in [0.3, 0.4) is 0 Å². The average Bonchev–Trinajstić information content (AvgIpc) is 3.22. The average molecular weight is 491 g/mol. The molecule has 1 aromatic carbocycles. The lowest BCUT2D eigenvalue weighted by Gasteiger charge is -2.20. The Bertz CT molecular complexity index is 1290. The van der Waals surface area contributed by atoms with Crippen molar-refractivity contribution in [3.8, 4) is 11.3 Å². The normalized spacial score (nSPS) is 19.1. The molecular formula is C23H24F2N4O4S. The van der Waals surface area contributed by atoms with E-state index < -0.39 is 28.7 Å². The molecule has 3 heterocycles. The van der Waals surface area contributed by atoms with Crippen LogP contribution in [0.15, 0.2) is 53.7 Å². The molecule has 1 aliphatic heterocycles. The number of amides is 1. The summed E-state index contributed by atoms with van der Waals surface area (Å²) in [7, 11) is -4.13. The summed E-state index contributed by atoms with van der Waals surface area (Å²) in [5, 5.41) is 6.42. The number of fused-ring (bicyclic) bond motifs is 4. The van der Waals surface area contributed by atoms with Crippen LogP contribution in [-0.2, 0) is 19.1 Å². The summed E-state index contributed by atoms with van der Waals surface area (Å²) in [5.41, 5.74) is 1.62. The van der Waals surface area contributed by atoms with E-state index >= 15 is 0 Å². The number of rotatable bonds is 4. The maximum atomic E-state index is 13.7. The van der Waals surface area contributed by atoms with Crippen molar-refractivity contribution in [2.24, 2.45) is 5.92 Å². The van der Waals surface area contributed by atoms with Crippen LogP contribution >= 0.6 is 0 Å². The molecule has 8 nitrogen and oxygen atoms in total. The molecule has 11 heteroatoms. The van der Waals surface area contributed by atoms with Crippen LogP contribution in [0.5, 0.6) is 0 Å². The Balaban J connectivity index is 1.78. The molecule has 2 bridgehead atoms. The van der Waals surface area contributed by atoms with Crippen LogP contribution in [0.4, 0.5) is 14.5 Å². The van der Waals surface area contributed by atoms with Gasteiger partial charge in [0.1, 0.15) is 6.10 Å². The molecule has 1 amide bonds. The Kier molecular flexibility index (Phi) is 6.76. The molecule has 34 heavy (non-hydrogen) atoms. The topological polar surface area (TPSA) is 103 Å². The fraction of sp³-hybridized carbons (Fsp3) is 0.348. The zero-order valence-corrected chi connectivity index (χ0v) is 19.4. The minimum Gasteiger partial charge on any atom is -0.323 e. The highest BCUT2D eigenvalue weighted by atomic mass is 32.2. The monoisotopic (exact) mass is 490 g/mol. The van der Waals surface area contributed by atoms with Gasteiger partial charge in [-0.1, -0.05) is 24.6 Å². The number of aryl methyl sites for hydroxylation is 1. The molecule has 1 unspecified atom stereocenters. The number of halogens is 2. The van der Waals surface area contributed by atoms with E-state index in [1.165, 1.54) is 36.7 Å². The molecule has 180 valence electrons. The van der Waals surface area contributed by atoms with Gasteiger partial charge in [0.15, 0.2) is 0 Å². The first-order valence-corrected chi connectivity index (χ1v) is 12.2. The van der Waals surface area contributed by atoms with Gasteiger partial charge in [-0.05, 0) is 50.5 Å². The van der Waals surface area contributed by atoms with Crippen molar-refractivity contribution in [3.05, 3.63) is 60.0 Å². The summed E-state index contributed by atoms with van der Waals surface area (Å²) < 4.78 is 59.4. The van der Waals surface area contributed by atoms with Crippen LogP contribution in [0.2, 0.25) is 0 Å². The van der Waals surface area contributed by atoms with Crippen LogP contribution in [0, 0.1) is 12.8 Å². The van der Waals surface area contributed by atoms with Gasteiger partial charge in [0.25, 0.3) is 10.1 Å². The summed E-state index contributed by atoms with van der Waals surface area (Å²) >= 11 is 0. The van der Waals surface area contributed by atoms with Crippen molar-refractivity contribution in [1.82, 2.24) is 14.8 Å². The number of carbonyl (C=O) groups is 1. The first kappa shape index (κ1) is 24.0. The molecule has 3 aromatic rings. The zero-order valence-electron chi connectivity index (χ0n) is 18.6. The second-order valence-corrected chi connectivity index (χ2v) is 9.84. The quantitative estimate of drug-likeness (QED) is 0.524. The van der Waals surface area contributed by atoms with Gasteiger partial charge in [-0.15, -0.1) is 0 Å². The highest BCUT2D eigenvalue weighted by molar-refractivity contribution is 7.86. The summed E-state index contributed by atoms with van der Waals surface area (Å²) in [4.78, 5) is 16.9. The molecule has 0 fully saturated rings. The fourth-order valence-corrected chi connectivity index (χ4v) is 4.90. The van der Waals surface area contributed by atoms with Gasteiger partial charge in [0, 0.05) is 17.7 Å². The van der Waals surface area contributed by atoms with Gasteiger partial charge in [0.2, 0.25) is 5.91 Å². The van der Waals surface area contributed by atoms with Crippen molar-refractivity contribution in [3.63, 3.8) is 0 Å². The van der Waals surface area contributed by atoms with E-state index in [9.17, 15) is 22.0 Å². The van der Waals surface area contributed by atoms with Gasteiger partial charge in [0.05, 0.1) is 28.2 Å². The Morgan fingerprint density at radius 3 is 2.62 bits per heavy atom. The fourth-order valence-electron chi connectivity index (χ4n) is 3.82. The SMILES string of the molecule is Cc1ccc(S(=O)(=O)OC2CCC[C@@H](C)C(=O)Nc3cnn(C(F)F)c3-c3ccnc2c3)cc1. The molecule has 1 N–H and O–H groups in total. The number of carbonyl (C=O) groups excluding carboxylic acids is 1. The van der Waals surface area contributed by atoms with Gasteiger partial charge in [-0.3, -0.25) is 14.0 Å². The third kappa shape index (κ3) is 5.00. The smallest absolute Gasteiger partial charge is 0.323 e. The molecule has 2 aromatic heterocycles. The van der Waals surface area contributed by atoms with Crippen molar-refractivity contribution in [2.45, 2.75) is 50.7 Å². The van der Waals surface area contributed by atoms with Gasteiger partial charge in [-0.25, -0.2) is 4.68 Å². The van der Waals surface area contributed by atoms with Crippen LogP contribution < -0.4 is 5.32 Å². The van der Waals surface area contributed by atoms with Gasteiger partial charge >= 0.3 is 6.55 Å². The highest BCUT2D eigenvalue weighted by Crippen LogP contribution is 2.35. The summed E-state index contributed by atoms with van der Waals surface area (Å²) in [6, 6.07) is 9.25. The van der Waals surface area contributed by atoms with E-state index in [0.717, 1.165) is 5.56 Å². The Morgan fingerprint density at radius 2 is 1.91 bits per heavy atom. The number of aromatic nitrogens is 3. The minimum absolute atomic E-state index is 0.0000785. The number of anilines is 1. The third-order valence-electron chi connectivity index (χ3n) is 5.73. The first-order valence-electron chi connectivity index (χ1n) is 10.8. The number of benzene rings is 1. The zero-order chi connectivity index (χ0) is 24.5. The lowest BCUT2D eigenvalue weighted by Crippen LogP contribution is -2.22. The molecule has 0 saturated carbocycles. The molecule has 4 rings (SSSR count).